The molecule has 0 saturated carbocycles. The van der Waals surface area contributed by atoms with Crippen LogP contribution in [0.5, 0.6) is 0 Å². The van der Waals surface area contributed by atoms with Crippen LogP contribution in [0, 0.1) is 5.92 Å². The summed E-state index contributed by atoms with van der Waals surface area (Å²) in [6.45, 7) is 0.196. The van der Waals surface area contributed by atoms with Crippen LogP contribution in [-0.2, 0) is 12.8 Å². The largest absolute Gasteiger partial charge is 0.472 e. The normalized spacial score (nSPS) is 12.6. The molecule has 3 heteroatoms. The molecule has 90 valence electrons. The Morgan fingerprint density at radius 2 is 1.76 bits per heavy atom. The summed E-state index contributed by atoms with van der Waals surface area (Å²) in [5.41, 5.74) is 2.39. The lowest BCUT2D eigenvalue weighted by Crippen LogP contribution is -2.12. The van der Waals surface area contributed by atoms with Crippen LogP contribution < -0.4 is 0 Å². The zero-order valence-electron chi connectivity index (χ0n) is 9.47. The Morgan fingerprint density at radius 3 is 2.35 bits per heavy atom. The third-order valence-corrected chi connectivity index (χ3v) is 3.33. The molecule has 1 unspecified atom stereocenters. The number of hydrogen-bond acceptors (Lipinski definition) is 2. The molecule has 0 bridgehead atoms. The summed E-state index contributed by atoms with van der Waals surface area (Å²) in [6.07, 6.45) is 5.14. The van der Waals surface area contributed by atoms with E-state index in [0.29, 0.717) is 0 Å². The Balaban J connectivity index is 1.97. The summed E-state index contributed by atoms with van der Waals surface area (Å²) in [4.78, 5) is 0. The van der Waals surface area contributed by atoms with Crippen molar-refractivity contribution in [1.29, 1.82) is 0 Å². The van der Waals surface area contributed by atoms with Crippen molar-refractivity contribution in [2.24, 2.45) is 5.92 Å². The zero-order valence-corrected chi connectivity index (χ0v) is 11.1. The minimum absolute atomic E-state index is 0.196. The number of aliphatic hydroxyl groups excluding tert-OH is 1. The van der Waals surface area contributed by atoms with E-state index in [9.17, 15) is 5.11 Å². The van der Waals surface area contributed by atoms with Crippen molar-refractivity contribution in [3.63, 3.8) is 0 Å². The summed E-state index contributed by atoms with van der Waals surface area (Å²) in [5.74, 6) is 0.244. The molecule has 0 saturated heterocycles. The van der Waals surface area contributed by atoms with Crippen molar-refractivity contribution in [1.82, 2.24) is 0 Å². The summed E-state index contributed by atoms with van der Waals surface area (Å²) in [7, 11) is 0. The first-order valence-electron chi connectivity index (χ1n) is 5.64. The summed E-state index contributed by atoms with van der Waals surface area (Å²) in [6, 6.07) is 10.2. The Morgan fingerprint density at radius 1 is 1.06 bits per heavy atom. The third kappa shape index (κ3) is 3.72. The van der Waals surface area contributed by atoms with Gasteiger partial charge in [-0.15, -0.1) is 0 Å². The molecule has 1 atom stereocenters. The lowest BCUT2D eigenvalue weighted by atomic mass is 9.94. The van der Waals surface area contributed by atoms with Gasteiger partial charge in [-0.3, -0.25) is 0 Å². The number of rotatable bonds is 5. The fourth-order valence-electron chi connectivity index (χ4n) is 1.90. The molecular weight excluding hydrogens is 280 g/mol. The van der Waals surface area contributed by atoms with Gasteiger partial charge in [-0.1, -0.05) is 28.1 Å². The molecule has 1 aromatic carbocycles. The number of aliphatic hydroxyl groups is 1. The SMILES string of the molecule is OCC(Cc1ccc(Br)cc1)Cc1ccoc1. The van der Waals surface area contributed by atoms with Crippen molar-refractivity contribution >= 4 is 15.9 Å². The van der Waals surface area contributed by atoms with E-state index >= 15 is 0 Å². The van der Waals surface area contributed by atoms with Gasteiger partial charge in [0.15, 0.2) is 0 Å². The van der Waals surface area contributed by atoms with Crippen LogP contribution in [0.4, 0.5) is 0 Å². The van der Waals surface area contributed by atoms with Crippen LogP contribution in [0.3, 0.4) is 0 Å². The van der Waals surface area contributed by atoms with Crippen LogP contribution in [0.25, 0.3) is 0 Å². The summed E-state index contributed by atoms with van der Waals surface area (Å²) in [5, 5.41) is 9.40. The van der Waals surface area contributed by atoms with Crippen LogP contribution in [0.1, 0.15) is 11.1 Å². The molecular formula is C14H15BrO2. The molecule has 0 spiro atoms. The van der Waals surface area contributed by atoms with Gasteiger partial charge in [0.05, 0.1) is 12.5 Å². The van der Waals surface area contributed by atoms with E-state index in [4.69, 9.17) is 4.42 Å². The van der Waals surface area contributed by atoms with E-state index in [0.717, 1.165) is 22.9 Å². The van der Waals surface area contributed by atoms with Gasteiger partial charge in [-0.05, 0) is 48.1 Å². The van der Waals surface area contributed by atoms with Gasteiger partial charge in [0.2, 0.25) is 0 Å². The second-order valence-corrected chi connectivity index (χ2v) is 5.13. The van der Waals surface area contributed by atoms with Crippen LogP contribution in [0.2, 0.25) is 0 Å². The first-order valence-corrected chi connectivity index (χ1v) is 6.43. The molecule has 0 amide bonds. The van der Waals surface area contributed by atoms with Crippen LogP contribution in [-0.4, -0.2) is 11.7 Å². The van der Waals surface area contributed by atoms with Gasteiger partial charge >= 0.3 is 0 Å². The van der Waals surface area contributed by atoms with Crippen molar-refractivity contribution < 1.29 is 9.52 Å². The van der Waals surface area contributed by atoms with Crippen LogP contribution >= 0.6 is 15.9 Å². The predicted octanol–water partition coefficient (Wildman–Crippen LogP) is 3.44. The highest BCUT2D eigenvalue weighted by molar-refractivity contribution is 9.10. The lowest BCUT2D eigenvalue weighted by Gasteiger charge is -2.13. The maximum atomic E-state index is 9.40. The number of benzene rings is 1. The fourth-order valence-corrected chi connectivity index (χ4v) is 2.16. The quantitative estimate of drug-likeness (QED) is 0.916. The van der Waals surface area contributed by atoms with Gasteiger partial charge in [-0.2, -0.15) is 0 Å². The highest BCUT2D eigenvalue weighted by Crippen LogP contribution is 2.17. The van der Waals surface area contributed by atoms with Crippen molar-refractivity contribution in [2.45, 2.75) is 12.8 Å². The molecule has 0 aliphatic rings. The fraction of sp³-hybridized carbons (Fsp3) is 0.286. The molecule has 0 fully saturated rings. The van der Waals surface area contributed by atoms with Gasteiger partial charge in [0.1, 0.15) is 0 Å². The molecule has 2 aromatic rings. The summed E-state index contributed by atoms with van der Waals surface area (Å²) < 4.78 is 6.12. The zero-order chi connectivity index (χ0) is 12.1. The highest BCUT2D eigenvalue weighted by atomic mass is 79.9. The third-order valence-electron chi connectivity index (χ3n) is 2.80. The maximum Gasteiger partial charge on any atom is 0.0934 e. The molecule has 2 rings (SSSR count). The van der Waals surface area contributed by atoms with Crippen molar-refractivity contribution in [3.8, 4) is 0 Å². The molecule has 2 nitrogen and oxygen atoms in total. The van der Waals surface area contributed by atoms with Gasteiger partial charge in [-0.25, -0.2) is 0 Å². The minimum Gasteiger partial charge on any atom is -0.472 e. The van der Waals surface area contributed by atoms with E-state index in [1.807, 2.05) is 18.2 Å². The second-order valence-electron chi connectivity index (χ2n) is 4.21. The van der Waals surface area contributed by atoms with E-state index in [1.165, 1.54) is 5.56 Å². The molecule has 0 aliphatic carbocycles. The minimum atomic E-state index is 0.196. The van der Waals surface area contributed by atoms with Gasteiger partial charge in [0, 0.05) is 11.1 Å². The maximum absolute atomic E-state index is 9.40. The predicted molar refractivity (Wildman–Crippen MR) is 70.8 cm³/mol. The Bertz CT molecular complexity index is 434. The topological polar surface area (TPSA) is 33.4 Å². The average molecular weight is 295 g/mol. The molecule has 0 radical (unpaired) electrons. The van der Waals surface area contributed by atoms with Crippen molar-refractivity contribution in [2.75, 3.05) is 6.61 Å². The van der Waals surface area contributed by atoms with E-state index in [2.05, 4.69) is 28.1 Å². The first kappa shape index (κ1) is 12.4. The van der Waals surface area contributed by atoms with E-state index < -0.39 is 0 Å². The number of halogens is 1. The van der Waals surface area contributed by atoms with Gasteiger partial charge in [0.25, 0.3) is 0 Å². The Labute approximate surface area is 109 Å². The van der Waals surface area contributed by atoms with E-state index in [-0.39, 0.29) is 12.5 Å². The molecule has 0 aliphatic heterocycles. The highest BCUT2D eigenvalue weighted by Gasteiger charge is 2.10. The Hall–Kier alpha value is -1.06. The molecule has 1 aromatic heterocycles. The Kier molecular flexibility index (Phi) is 4.40. The van der Waals surface area contributed by atoms with Crippen LogP contribution in [0.15, 0.2) is 51.7 Å². The second kappa shape index (κ2) is 6.03. The number of furan rings is 1. The lowest BCUT2D eigenvalue weighted by molar-refractivity contribution is 0.225. The standard InChI is InChI=1S/C14H15BrO2/c15-14-3-1-11(2-4-14)7-13(9-16)8-12-5-6-17-10-12/h1-6,10,13,16H,7-9H2. The molecule has 17 heavy (non-hydrogen) atoms. The monoisotopic (exact) mass is 294 g/mol. The van der Waals surface area contributed by atoms with Crippen molar-refractivity contribution in [3.05, 3.63) is 58.5 Å². The first-order chi connectivity index (χ1) is 8.28. The molecule has 1 N–H and O–H groups in total. The molecule has 1 heterocycles. The smallest absolute Gasteiger partial charge is 0.0934 e. The average Bonchev–Trinajstić information content (AvgIpc) is 2.84. The van der Waals surface area contributed by atoms with Gasteiger partial charge < -0.3 is 9.52 Å². The van der Waals surface area contributed by atoms with E-state index in [1.54, 1.807) is 12.5 Å². The number of hydrogen-bond donors (Lipinski definition) is 1. The summed E-state index contributed by atoms with van der Waals surface area (Å²) >= 11 is 3.42.